The first-order chi connectivity index (χ1) is 8.56. The first-order valence-corrected chi connectivity index (χ1v) is 7.32. The normalized spacial score (nSPS) is 18.3. The van der Waals surface area contributed by atoms with Gasteiger partial charge in [-0.25, -0.2) is 0 Å². The standard InChI is InChI=1S/C13H18N2O2S/c1-10(14-9-13(18-2)7-8-13)11-3-5-12(6-4-11)15(16)17/h3-6,10,14H,7-9H2,1-2H3. The minimum absolute atomic E-state index is 0.147. The van der Waals surface area contributed by atoms with Crippen LogP contribution in [0.3, 0.4) is 0 Å². The lowest BCUT2D eigenvalue weighted by Crippen LogP contribution is -2.28. The van der Waals surface area contributed by atoms with Gasteiger partial charge in [0.05, 0.1) is 4.92 Å². The zero-order valence-electron chi connectivity index (χ0n) is 10.7. The quantitative estimate of drug-likeness (QED) is 0.635. The summed E-state index contributed by atoms with van der Waals surface area (Å²) in [6.07, 6.45) is 4.73. The van der Waals surface area contributed by atoms with Crippen LogP contribution in [0.15, 0.2) is 24.3 Å². The van der Waals surface area contributed by atoms with E-state index in [1.54, 1.807) is 12.1 Å². The molecule has 98 valence electrons. The third-order valence-electron chi connectivity index (χ3n) is 3.58. The van der Waals surface area contributed by atoms with E-state index in [4.69, 9.17) is 0 Å². The molecule has 0 aromatic heterocycles. The number of hydrogen-bond acceptors (Lipinski definition) is 4. The molecular formula is C13H18N2O2S. The summed E-state index contributed by atoms with van der Waals surface area (Å²) in [5, 5.41) is 14.1. The van der Waals surface area contributed by atoms with Crippen molar-refractivity contribution < 1.29 is 4.92 Å². The molecule has 1 aliphatic carbocycles. The Morgan fingerprint density at radius 2 is 2.06 bits per heavy atom. The highest BCUT2D eigenvalue weighted by molar-refractivity contribution is 8.00. The maximum atomic E-state index is 10.6. The van der Waals surface area contributed by atoms with Gasteiger partial charge in [0.1, 0.15) is 0 Å². The molecule has 0 bridgehead atoms. The fourth-order valence-electron chi connectivity index (χ4n) is 1.93. The van der Waals surface area contributed by atoms with Crippen molar-refractivity contribution in [1.29, 1.82) is 0 Å². The van der Waals surface area contributed by atoms with Gasteiger partial charge in [-0.1, -0.05) is 12.1 Å². The number of nitro benzene ring substituents is 1. The van der Waals surface area contributed by atoms with Crippen molar-refractivity contribution in [2.45, 2.75) is 30.6 Å². The number of nitrogens with zero attached hydrogens (tertiary/aromatic N) is 1. The average molecular weight is 266 g/mol. The Labute approximate surface area is 111 Å². The number of nitro groups is 1. The molecule has 1 aromatic rings. The summed E-state index contributed by atoms with van der Waals surface area (Å²) in [6.45, 7) is 3.10. The summed E-state index contributed by atoms with van der Waals surface area (Å²) in [5.74, 6) is 0. The molecule has 1 aromatic carbocycles. The number of thioether (sulfide) groups is 1. The molecule has 1 atom stereocenters. The molecule has 0 amide bonds. The van der Waals surface area contributed by atoms with E-state index < -0.39 is 0 Å². The number of benzene rings is 1. The Morgan fingerprint density at radius 3 is 2.50 bits per heavy atom. The molecule has 2 rings (SSSR count). The van der Waals surface area contributed by atoms with Crippen LogP contribution in [-0.2, 0) is 0 Å². The van der Waals surface area contributed by atoms with Crippen LogP contribution in [0.5, 0.6) is 0 Å². The second kappa shape index (κ2) is 5.28. The fraction of sp³-hybridized carbons (Fsp3) is 0.538. The van der Waals surface area contributed by atoms with Crippen LogP contribution in [0.2, 0.25) is 0 Å². The van der Waals surface area contributed by atoms with Gasteiger partial charge in [-0.15, -0.1) is 0 Å². The van der Waals surface area contributed by atoms with Crippen LogP contribution in [-0.4, -0.2) is 22.5 Å². The van der Waals surface area contributed by atoms with Crippen LogP contribution in [0.1, 0.15) is 31.4 Å². The SMILES string of the molecule is CSC1(CNC(C)c2ccc([N+](=O)[O-])cc2)CC1. The zero-order chi connectivity index (χ0) is 13.2. The topological polar surface area (TPSA) is 55.2 Å². The summed E-state index contributed by atoms with van der Waals surface area (Å²) in [7, 11) is 0. The van der Waals surface area contributed by atoms with Crippen LogP contribution in [0, 0.1) is 10.1 Å². The molecule has 0 heterocycles. The first kappa shape index (κ1) is 13.4. The fourth-order valence-corrected chi connectivity index (χ4v) is 2.67. The van der Waals surface area contributed by atoms with E-state index in [0.29, 0.717) is 4.75 Å². The molecule has 18 heavy (non-hydrogen) atoms. The number of hydrogen-bond donors (Lipinski definition) is 1. The van der Waals surface area contributed by atoms with Gasteiger partial charge < -0.3 is 5.32 Å². The molecule has 0 aliphatic heterocycles. The van der Waals surface area contributed by atoms with Gasteiger partial charge >= 0.3 is 0 Å². The van der Waals surface area contributed by atoms with Crippen molar-refractivity contribution in [3.05, 3.63) is 39.9 Å². The van der Waals surface area contributed by atoms with Crippen molar-refractivity contribution in [3.63, 3.8) is 0 Å². The molecule has 1 fully saturated rings. The lowest BCUT2D eigenvalue weighted by atomic mass is 10.1. The molecule has 0 saturated heterocycles. The van der Waals surface area contributed by atoms with Gasteiger partial charge in [0, 0.05) is 29.5 Å². The Balaban J connectivity index is 1.92. The highest BCUT2D eigenvalue weighted by Gasteiger charge is 2.41. The smallest absolute Gasteiger partial charge is 0.269 e. The molecule has 0 radical (unpaired) electrons. The molecule has 1 saturated carbocycles. The summed E-state index contributed by atoms with van der Waals surface area (Å²) in [6, 6.07) is 7.02. The lowest BCUT2D eigenvalue weighted by Gasteiger charge is -2.18. The van der Waals surface area contributed by atoms with Crippen LogP contribution >= 0.6 is 11.8 Å². The van der Waals surface area contributed by atoms with E-state index in [1.807, 2.05) is 23.9 Å². The van der Waals surface area contributed by atoms with E-state index in [9.17, 15) is 10.1 Å². The number of non-ortho nitro benzene ring substituents is 1. The minimum Gasteiger partial charge on any atom is -0.309 e. The van der Waals surface area contributed by atoms with Crippen LogP contribution in [0.25, 0.3) is 0 Å². The van der Waals surface area contributed by atoms with Gasteiger partial charge in [-0.2, -0.15) is 11.8 Å². The Bertz CT molecular complexity index is 429. The summed E-state index contributed by atoms with van der Waals surface area (Å²) in [4.78, 5) is 10.2. The van der Waals surface area contributed by atoms with Crippen LogP contribution in [0.4, 0.5) is 5.69 Å². The predicted molar refractivity (Wildman–Crippen MR) is 75.0 cm³/mol. The van der Waals surface area contributed by atoms with Crippen molar-refractivity contribution in [2.75, 3.05) is 12.8 Å². The van der Waals surface area contributed by atoms with Crippen molar-refractivity contribution in [3.8, 4) is 0 Å². The monoisotopic (exact) mass is 266 g/mol. The predicted octanol–water partition coefficient (Wildman–Crippen LogP) is 3.14. The summed E-state index contributed by atoms with van der Waals surface area (Å²) in [5.41, 5.74) is 1.24. The van der Waals surface area contributed by atoms with E-state index in [1.165, 1.54) is 12.8 Å². The van der Waals surface area contributed by atoms with E-state index >= 15 is 0 Å². The largest absolute Gasteiger partial charge is 0.309 e. The highest BCUT2D eigenvalue weighted by Crippen LogP contribution is 2.46. The molecule has 5 heteroatoms. The Hall–Kier alpha value is -1.07. The number of rotatable bonds is 6. The summed E-state index contributed by atoms with van der Waals surface area (Å²) < 4.78 is 0.440. The van der Waals surface area contributed by atoms with E-state index in [0.717, 1.165) is 12.1 Å². The molecule has 0 spiro atoms. The van der Waals surface area contributed by atoms with E-state index in [-0.39, 0.29) is 16.7 Å². The highest BCUT2D eigenvalue weighted by atomic mass is 32.2. The average Bonchev–Trinajstić information content (AvgIpc) is 3.17. The summed E-state index contributed by atoms with van der Waals surface area (Å²) >= 11 is 1.93. The maximum absolute atomic E-state index is 10.6. The zero-order valence-corrected chi connectivity index (χ0v) is 11.5. The molecular weight excluding hydrogens is 248 g/mol. The minimum atomic E-state index is -0.366. The molecule has 1 unspecified atom stereocenters. The number of nitrogens with one attached hydrogen (secondary N) is 1. The second-order valence-electron chi connectivity index (χ2n) is 4.84. The maximum Gasteiger partial charge on any atom is 0.269 e. The Morgan fingerprint density at radius 1 is 1.44 bits per heavy atom. The van der Waals surface area contributed by atoms with Crippen LogP contribution < -0.4 is 5.32 Å². The first-order valence-electron chi connectivity index (χ1n) is 6.09. The molecule has 1 N–H and O–H groups in total. The third kappa shape index (κ3) is 3.03. The van der Waals surface area contributed by atoms with Crippen molar-refractivity contribution in [2.24, 2.45) is 0 Å². The van der Waals surface area contributed by atoms with E-state index in [2.05, 4.69) is 18.5 Å². The third-order valence-corrected chi connectivity index (χ3v) is 4.99. The van der Waals surface area contributed by atoms with Gasteiger partial charge in [0.15, 0.2) is 0 Å². The van der Waals surface area contributed by atoms with Gasteiger partial charge in [-0.05, 0) is 31.6 Å². The second-order valence-corrected chi connectivity index (χ2v) is 6.11. The Kier molecular flexibility index (Phi) is 3.92. The van der Waals surface area contributed by atoms with Crippen molar-refractivity contribution >= 4 is 17.4 Å². The van der Waals surface area contributed by atoms with Gasteiger partial charge in [0.25, 0.3) is 5.69 Å². The molecule has 4 nitrogen and oxygen atoms in total. The van der Waals surface area contributed by atoms with Gasteiger partial charge in [0.2, 0.25) is 0 Å². The molecule has 1 aliphatic rings. The van der Waals surface area contributed by atoms with Crippen molar-refractivity contribution in [1.82, 2.24) is 5.32 Å². The van der Waals surface area contributed by atoms with Gasteiger partial charge in [-0.3, -0.25) is 10.1 Å². The lowest BCUT2D eigenvalue weighted by molar-refractivity contribution is -0.384.